The molecule has 1 heteroatoms. The lowest BCUT2D eigenvalue weighted by atomic mass is 10.0. The van der Waals surface area contributed by atoms with Gasteiger partial charge in [-0.15, -0.1) is 11.6 Å². The molecule has 2 aromatic carbocycles. The Morgan fingerprint density at radius 2 is 1.60 bits per heavy atom. The molecule has 0 amide bonds. The first-order valence-electron chi connectivity index (χ1n) is 6.77. The lowest BCUT2D eigenvalue weighted by Crippen LogP contribution is -1.82. The molecule has 2 aromatic rings. The largest absolute Gasteiger partial charge is 0.127 e. The van der Waals surface area contributed by atoms with Crippen molar-refractivity contribution in [3.05, 3.63) is 71.8 Å². The fraction of sp³-hybridized carbons (Fsp3) is 0.158. The SMILES string of the molecule is ClCCCC#C/C(=C\c1ccccc1)c1ccccc1. The van der Waals surface area contributed by atoms with Gasteiger partial charge in [0.2, 0.25) is 0 Å². The summed E-state index contributed by atoms with van der Waals surface area (Å²) in [6, 6.07) is 20.5. The van der Waals surface area contributed by atoms with Gasteiger partial charge in [0.1, 0.15) is 0 Å². The first-order chi connectivity index (χ1) is 9.90. The molecule has 0 aliphatic carbocycles. The molecule has 0 nitrogen and oxygen atoms in total. The van der Waals surface area contributed by atoms with Crippen molar-refractivity contribution in [2.24, 2.45) is 0 Å². The number of hydrogen-bond acceptors (Lipinski definition) is 0. The minimum Gasteiger partial charge on any atom is -0.127 e. The van der Waals surface area contributed by atoms with E-state index in [0.717, 1.165) is 29.5 Å². The van der Waals surface area contributed by atoms with Crippen LogP contribution in [0.15, 0.2) is 60.7 Å². The van der Waals surface area contributed by atoms with E-state index in [1.54, 1.807) is 0 Å². The van der Waals surface area contributed by atoms with E-state index >= 15 is 0 Å². The standard InChI is InChI=1S/C19H17Cl/c20-15-9-3-8-14-19(18-12-6-2-7-13-18)16-17-10-4-1-5-11-17/h1-2,4-7,10-13,16H,3,9,15H2/b19-16+. The number of alkyl halides is 1. The van der Waals surface area contributed by atoms with Gasteiger partial charge >= 0.3 is 0 Å². The summed E-state index contributed by atoms with van der Waals surface area (Å²) in [5, 5.41) is 0. The van der Waals surface area contributed by atoms with Crippen LogP contribution in [0.25, 0.3) is 11.6 Å². The van der Waals surface area contributed by atoms with E-state index in [1.807, 2.05) is 36.4 Å². The third kappa shape index (κ3) is 4.61. The Morgan fingerprint density at radius 3 is 2.25 bits per heavy atom. The molecule has 0 N–H and O–H groups in total. The van der Waals surface area contributed by atoms with Crippen LogP contribution in [0.4, 0.5) is 0 Å². The summed E-state index contributed by atoms with van der Waals surface area (Å²) in [6.07, 6.45) is 3.90. The quantitative estimate of drug-likeness (QED) is 0.311. The van der Waals surface area contributed by atoms with Gasteiger partial charge in [0, 0.05) is 17.9 Å². The summed E-state index contributed by atoms with van der Waals surface area (Å²) in [4.78, 5) is 0. The van der Waals surface area contributed by atoms with Crippen LogP contribution in [-0.4, -0.2) is 5.88 Å². The first-order valence-corrected chi connectivity index (χ1v) is 7.30. The lowest BCUT2D eigenvalue weighted by molar-refractivity contribution is 0.992. The van der Waals surface area contributed by atoms with Gasteiger partial charge < -0.3 is 0 Å². The Bertz CT molecular complexity index is 600. The van der Waals surface area contributed by atoms with E-state index in [9.17, 15) is 0 Å². The maximum atomic E-state index is 5.68. The molecular formula is C19H17Cl. The first kappa shape index (κ1) is 14.4. The van der Waals surface area contributed by atoms with Crippen LogP contribution in [0.2, 0.25) is 0 Å². The molecule has 0 aliphatic rings. The van der Waals surface area contributed by atoms with E-state index in [-0.39, 0.29) is 0 Å². The van der Waals surface area contributed by atoms with Crippen molar-refractivity contribution in [1.29, 1.82) is 0 Å². The minimum atomic E-state index is 0.664. The van der Waals surface area contributed by atoms with E-state index in [1.165, 1.54) is 0 Å². The average Bonchev–Trinajstić information content (AvgIpc) is 2.52. The number of benzene rings is 2. The highest BCUT2D eigenvalue weighted by Gasteiger charge is 1.97. The lowest BCUT2D eigenvalue weighted by Gasteiger charge is -2.01. The second-order valence-corrected chi connectivity index (χ2v) is 4.81. The van der Waals surface area contributed by atoms with Crippen molar-refractivity contribution in [3.8, 4) is 11.8 Å². The fourth-order valence-electron chi connectivity index (χ4n) is 1.84. The topological polar surface area (TPSA) is 0 Å². The zero-order valence-electron chi connectivity index (χ0n) is 11.4. The molecule has 0 unspecified atom stereocenters. The van der Waals surface area contributed by atoms with Crippen molar-refractivity contribution in [1.82, 2.24) is 0 Å². The summed E-state index contributed by atoms with van der Waals surface area (Å²) in [5.41, 5.74) is 3.36. The zero-order valence-corrected chi connectivity index (χ0v) is 12.1. The Hall–Kier alpha value is -1.97. The van der Waals surface area contributed by atoms with E-state index in [4.69, 9.17) is 11.6 Å². The molecular weight excluding hydrogens is 264 g/mol. The van der Waals surface area contributed by atoms with Crippen LogP contribution < -0.4 is 0 Å². The van der Waals surface area contributed by atoms with Crippen molar-refractivity contribution in [3.63, 3.8) is 0 Å². The highest BCUT2D eigenvalue weighted by Crippen LogP contribution is 2.17. The maximum Gasteiger partial charge on any atom is 0.0323 e. The monoisotopic (exact) mass is 280 g/mol. The van der Waals surface area contributed by atoms with Gasteiger partial charge in [-0.2, -0.15) is 0 Å². The van der Waals surface area contributed by atoms with Gasteiger partial charge in [0.15, 0.2) is 0 Å². The third-order valence-corrected chi connectivity index (χ3v) is 3.12. The van der Waals surface area contributed by atoms with E-state index in [2.05, 4.69) is 42.2 Å². The minimum absolute atomic E-state index is 0.664. The highest BCUT2D eigenvalue weighted by molar-refractivity contribution is 6.17. The Balaban J connectivity index is 2.29. The highest BCUT2D eigenvalue weighted by atomic mass is 35.5. The van der Waals surface area contributed by atoms with Gasteiger partial charge in [-0.25, -0.2) is 0 Å². The molecule has 0 heterocycles. The summed E-state index contributed by atoms with van der Waals surface area (Å²) in [5.74, 6) is 7.14. The summed E-state index contributed by atoms with van der Waals surface area (Å²) in [6.45, 7) is 0. The number of halogens is 1. The Morgan fingerprint density at radius 1 is 0.950 bits per heavy atom. The summed E-state index contributed by atoms with van der Waals surface area (Å²) >= 11 is 5.68. The van der Waals surface area contributed by atoms with Crippen LogP contribution in [-0.2, 0) is 0 Å². The predicted octanol–water partition coefficient (Wildman–Crippen LogP) is 5.25. The maximum absolute atomic E-state index is 5.68. The van der Waals surface area contributed by atoms with Crippen molar-refractivity contribution < 1.29 is 0 Å². The number of allylic oxidation sites excluding steroid dienone is 1. The van der Waals surface area contributed by atoms with E-state index < -0.39 is 0 Å². The fourth-order valence-corrected chi connectivity index (χ4v) is 1.97. The second-order valence-electron chi connectivity index (χ2n) is 4.43. The molecule has 0 bridgehead atoms. The smallest absolute Gasteiger partial charge is 0.0323 e. The molecule has 0 saturated heterocycles. The van der Waals surface area contributed by atoms with Crippen LogP contribution in [0.3, 0.4) is 0 Å². The van der Waals surface area contributed by atoms with Crippen LogP contribution in [0, 0.1) is 11.8 Å². The zero-order chi connectivity index (χ0) is 14.0. The molecule has 0 aliphatic heterocycles. The van der Waals surface area contributed by atoms with Crippen LogP contribution in [0.5, 0.6) is 0 Å². The van der Waals surface area contributed by atoms with Crippen LogP contribution in [0.1, 0.15) is 24.0 Å². The Labute approximate surface area is 126 Å². The molecule has 100 valence electrons. The summed E-state index contributed by atoms with van der Waals surface area (Å²) < 4.78 is 0. The number of rotatable bonds is 4. The second kappa shape index (κ2) is 8.25. The molecule has 0 fully saturated rings. The van der Waals surface area contributed by atoms with Gasteiger partial charge in [0.25, 0.3) is 0 Å². The van der Waals surface area contributed by atoms with Crippen molar-refractivity contribution >= 4 is 23.3 Å². The van der Waals surface area contributed by atoms with Crippen LogP contribution >= 0.6 is 11.6 Å². The molecule has 0 spiro atoms. The average molecular weight is 281 g/mol. The van der Waals surface area contributed by atoms with Gasteiger partial charge in [-0.1, -0.05) is 72.5 Å². The molecule has 0 radical (unpaired) electrons. The molecule has 2 rings (SSSR count). The van der Waals surface area contributed by atoms with Gasteiger partial charge in [-0.05, 0) is 23.6 Å². The summed E-state index contributed by atoms with van der Waals surface area (Å²) in [7, 11) is 0. The van der Waals surface area contributed by atoms with Crippen molar-refractivity contribution in [2.75, 3.05) is 5.88 Å². The van der Waals surface area contributed by atoms with Gasteiger partial charge in [-0.3, -0.25) is 0 Å². The molecule has 0 aromatic heterocycles. The third-order valence-electron chi connectivity index (χ3n) is 2.85. The molecule has 0 saturated carbocycles. The van der Waals surface area contributed by atoms with Crippen molar-refractivity contribution in [2.45, 2.75) is 12.8 Å². The number of unbranched alkanes of at least 4 members (excludes halogenated alkanes) is 1. The Kier molecular flexibility index (Phi) is 5.96. The molecule has 0 atom stereocenters. The van der Waals surface area contributed by atoms with Gasteiger partial charge in [0.05, 0.1) is 0 Å². The molecule has 20 heavy (non-hydrogen) atoms. The van der Waals surface area contributed by atoms with E-state index in [0.29, 0.717) is 5.88 Å². The number of hydrogen-bond donors (Lipinski definition) is 0. The predicted molar refractivity (Wildman–Crippen MR) is 88.5 cm³/mol. The normalized spacial score (nSPS) is 10.8.